The van der Waals surface area contributed by atoms with E-state index >= 15 is 0 Å². The summed E-state index contributed by atoms with van der Waals surface area (Å²) in [6, 6.07) is 1.87. The lowest BCUT2D eigenvalue weighted by Crippen LogP contribution is -2.51. The average Bonchev–Trinajstić information content (AvgIpc) is 2.13. The molecule has 2 heterocycles. The van der Waals surface area contributed by atoms with Gasteiger partial charge in [-0.3, -0.25) is 0 Å². The quantitative estimate of drug-likeness (QED) is 0.654. The number of hydrogen-bond donors (Lipinski definition) is 2. The molecule has 2 N–H and O–H groups in total. The maximum atomic E-state index is 9.11. The molecule has 70 valence electrons. The summed E-state index contributed by atoms with van der Waals surface area (Å²) >= 11 is 0. The molecule has 1 aliphatic rings. The molecule has 5 heteroatoms. The van der Waals surface area contributed by atoms with Gasteiger partial charge >= 0.3 is 0 Å². The topological polar surface area (TPSA) is 61.3 Å². The summed E-state index contributed by atoms with van der Waals surface area (Å²) in [6.45, 7) is 1.33. The van der Waals surface area contributed by atoms with Gasteiger partial charge in [0.2, 0.25) is 0 Å². The van der Waals surface area contributed by atoms with Crippen molar-refractivity contribution in [3.63, 3.8) is 0 Å². The third kappa shape index (κ3) is 1.55. The van der Waals surface area contributed by atoms with Crippen LogP contribution in [-0.2, 0) is 0 Å². The molecule has 0 atom stereocenters. The Morgan fingerprint density at radius 1 is 1.54 bits per heavy atom. The Balaban J connectivity index is 2.12. The highest BCUT2D eigenvalue weighted by Crippen LogP contribution is 2.19. The Morgan fingerprint density at radius 3 is 2.92 bits per heavy atom. The van der Waals surface area contributed by atoms with Crippen molar-refractivity contribution >= 4 is 11.6 Å². The largest absolute Gasteiger partial charge is 0.389 e. The first-order chi connectivity index (χ1) is 6.29. The highest BCUT2D eigenvalue weighted by Gasteiger charge is 2.25. The number of hydrogen-bond acceptors (Lipinski definition) is 5. The zero-order valence-electron chi connectivity index (χ0n) is 7.44. The van der Waals surface area contributed by atoms with E-state index in [9.17, 15) is 0 Å². The number of aliphatic hydroxyl groups is 1. The fourth-order valence-electron chi connectivity index (χ4n) is 1.30. The summed E-state index contributed by atoms with van der Waals surface area (Å²) in [4.78, 5) is 10.1. The normalized spacial score (nSPS) is 16.9. The molecule has 0 aromatic carbocycles. The van der Waals surface area contributed by atoms with Crippen molar-refractivity contribution in [3.05, 3.63) is 12.4 Å². The van der Waals surface area contributed by atoms with Gasteiger partial charge in [0, 0.05) is 26.2 Å². The fraction of sp³-hybridized carbons (Fsp3) is 0.500. The predicted octanol–water partition coefficient (Wildman–Crippen LogP) is -0.301. The van der Waals surface area contributed by atoms with Crippen molar-refractivity contribution in [2.24, 2.45) is 0 Å². The summed E-state index contributed by atoms with van der Waals surface area (Å²) < 4.78 is 0. The second-order valence-electron chi connectivity index (χ2n) is 3.07. The monoisotopic (exact) mass is 180 g/mol. The van der Waals surface area contributed by atoms with E-state index in [1.807, 2.05) is 18.0 Å². The standard InChI is InChI=1S/C8H12N4O/c1-9-7-2-8(11-5-10-7)12-3-6(13)4-12/h2,5-6,13H,3-4H2,1H3,(H,9,10,11). The van der Waals surface area contributed by atoms with E-state index < -0.39 is 0 Å². The van der Waals surface area contributed by atoms with Crippen LogP contribution in [0.3, 0.4) is 0 Å². The molecular weight excluding hydrogens is 168 g/mol. The van der Waals surface area contributed by atoms with Crippen LogP contribution < -0.4 is 10.2 Å². The molecule has 1 aromatic rings. The minimum Gasteiger partial charge on any atom is -0.389 e. The molecule has 0 unspecified atom stereocenters. The first kappa shape index (κ1) is 8.25. The highest BCUT2D eigenvalue weighted by molar-refractivity contribution is 5.49. The Labute approximate surface area is 76.4 Å². The molecule has 5 nitrogen and oxygen atoms in total. The van der Waals surface area contributed by atoms with Crippen molar-refractivity contribution in [3.8, 4) is 0 Å². The van der Waals surface area contributed by atoms with Crippen LogP contribution in [0.2, 0.25) is 0 Å². The molecule has 0 bridgehead atoms. The molecular formula is C8H12N4O. The molecule has 0 aliphatic carbocycles. The first-order valence-electron chi connectivity index (χ1n) is 4.22. The van der Waals surface area contributed by atoms with Gasteiger partial charge in [0.15, 0.2) is 0 Å². The molecule has 1 fully saturated rings. The molecule has 1 saturated heterocycles. The number of aliphatic hydroxyl groups excluding tert-OH is 1. The molecule has 1 aromatic heterocycles. The number of anilines is 2. The van der Waals surface area contributed by atoms with Crippen molar-refractivity contribution in [1.29, 1.82) is 0 Å². The minimum absolute atomic E-state index is 0.201. The van der Waals surface area contributed by atoms with Crippen LogP contribution in [0.5, 0.6) is 0 Å². The van der Waals surface area contributed by atoms with E-state index in [4.69, 9.17) is 5.11 Å². The van der Waals surface area contributed by atoms with Gasteiger partial charge in [0.05, 0.1) is 6.10 Å². The van der Waals surface area contributed by atoms with E-state index in [-0.39, 0.29) is 6.10 Å². The maximum absolute atomic E-state index is 9.11. The fourth-order valence-corrected chi connectivity index (χ4v) is 1.30. The van der Waals surface area contributed by atoms with E-state index in [0.29, 0.717) is 13.1 Å². The number of β-amino-alcohol motifs (C(OH)–C–C–N with tert-alkyl or cyclic N) is 1. The lowest BCUT2D eigenvalue weighted by molar-refractivity contribution is 0.141. The number of aromatic nitrogens is 2. The van der Waals surface area contributed by atoms with Gasteiger partial charge in [-0.15, -0.1) is 0 Å². The Bertz CT molecular complexity index is 298. The Morgan fingerprint density at radius 2 is 2.31 bits per heavy atom. The van der Waals surface area contributed by atoms with Crippen molar-refractivity contribution in [1.82, 2.24) is 9.97 Å². The van der Waals surface area contributed by atoms with Crippen LogP contribution >= 0.6 is 0 Å². The number of nitrogens with zero attached hydrogens (tertiary/aromatic N) is 3. The van der Waals surface area contributed by atoms with Gasteiger partial charge in [-0.05, 0) is 0 Å². The molecule has 0 amide bonds. The number of nitrogens with one attached hydrogen (secondary N) is 1. The second-order valence-corrected chi connectivity index (χ2v) is 3.07. The Hall–Kier alpha value is -1.36. The van der Waals surface area contributed by atoms with E-state index in [2.05, 4.69) is 15.3 Å². The van der Waals surface area contributed by atoms with Gasteiger partial charge < -0.3 is 15.3 Å². The second kappa shape index (κ2) is 3.18. The molecule has 0 spiro atoms. The predicted molar refractivity (Wildman–Crippen MR) is 49.8 cm³/mol. The summed E-state index contributed by atoms with van der Waals surface area (Å²) in [6.07, 6.45) is 1.32. The molecule has 2 rings (SSSR count). The van der Waals surface area contributed by atoms with Gasteiger partial charge in [0.1, 0.15) is 18.0 Å². The lowest BCUT2D eigenvalue weighted by Gasteiger charge is -2.36. The third-order valence-corrected chi connectivity index (χ3v) is 2.10. The van der Waals surface area contributed by atoms with Crippen LogP contribution in [0.15, 0.2) is 12.4 Å². The van der Waals surface area contributed by atoms with Gasteiger partial charge in [-0.2, -0.15) is 0 Å². The first-order valence-corrected chi connectivity index (χ1v) is 4.22. The van der Waals surface area contributed by atoms with Crippen molar-refractivity contribution < 1.29 is 5.11 Å². The van der Waals surface area contributed by atoms with E-state index in [1.165, 1.54) is 6.33 Å². The maximum Gasteiger partial charge on any atom is 0.134 e. The Kier molecular flexibility index (Phi) is 2.02. The SMILES string of the molecule is CNc1cc(N2CC(O)C2)ncn1. The van der Waals surface area contributed by atoms with Crippen LogP contribution in [0.1, 0.15) is 0 Å². The summed E-state index contributed by atoms with van der Waals surface area (Å²) in [7, 11) is 1.82. The smallest absolute Gasteiger partial charge is 0.134 e. The van der Waals surface area contributed by atoms with Crippen molar-refractivity contribution in [2.75, 3.05) is 30.4 Å². The van der Waals surface area contributed by atoms with Crippen molar-refractivity contribution in [2.45, 2.75) is 6.10 Å². The van der Waals surface area contributed by atoms with E-state index in [0.717, 1.165) is 11.6 Å². The van der Waals surface area contributed by atoms with Gasteiger partial charge in [-0.1, -0.05) is 0 Å². The zero-order valence-corrected chi connectivity index (χ0v) is 7.44. The van der Waals surface area contributed by atoms with Crippen LogP contribution in [0, 0.1) is 0 Å². The molecule has 0 saturated carbocycles. The summed E-state index contributed by atoms with van der Waals surface area (Å²) in [5, 5.41) is 12.0. The number of rotatable bonds is 2. The molecule has 1 aliphatic heterocycles. The highest BCUT2D eigenvalue weighted by atomic mass is 16.3. The van der Waals surface area contributed by atoms with Crippen LogP contribution in [0.4, 0.5) is 11.6 Å². The molecule has 0 radical (unpaired) electrons. The lowest BCUT2D eigenvalue weighted by atomic mass is 10.2. The average molecular weight is 180 g/mol. The van der Waals surface area contributed by atoms with Crippen LogP contribution in [-0.4, -0.2) is 41.3 Å². The minimum atomic E-state index is -0.201. The van der Waals surface area contributed by atoms with E-state index in [1.54, 1.807) is 0 Å². The van der Waals surface area contributed by atoms with Crippen LogP contribution in [0.25, 0.3) is 0 Å². The zero-order chi connectivity index (χ0) is 9.26. The summed E-state index contributed by atoms with van der Waals surface area (Å²) in [5.41, 5.74) is 0. The third-order valence-electron chi connectivity index (χ3n) is 2.10. The summed E-state index contributed by atoms with van der Waals surface area (Å²) in [5.74, 6) is 1.66. The van der Waals surface area contributed by atoms with Gasteiger partial charge in [0.25, 0.3) is 0 Å². The molecule has 13 heavy (non-hydrogen) atoms. The van der Waals surface area contributed by atoms with Gasteiger partial charge in [-0.25, -0.2) is 9.97 Å².